The SMILES string of the molecule is Cc1ccc(OCC(=O)Nc2cc(-n3cnnn3)ccc2N2CCCC2)cc1. The van der Waals surface area contributed by atoms with Gasteiger partial charge in [-0.2, -0.15) is 0 Å². The Kier molecular flexibility index (Phi) is 5.18. The first-order chi connectivity index (χ1) is 13.7. The van der Waals surface area contributed by atoms with Crippen LogP contribution in [-0.2, 0) is 4.79 Å². The highest BCUT2D eigenvalue weighted by Crippen LogP contribution is 2.31. The number of tetrazole rings is 1. The maximum atomic E-state index is 12.5. The quantitative estimate of drug-likeness (QED) is 0.710. The molecule has 1 aliphatic heterocycles. The largest absolute Gasteiger partial charge is 0.484 e. The average Bonchev–Trinajstić information content (AvgIpc) is 3.42. The van der Waals surface area contributed by atoms with Gasteiger partial charge in [-0.1, -0.05) is 17.7 Å². The number of anilines is 2. The molecule has 0 bridgehead atoms. The molecule has 1 saturated heterocycles. The molecular formula is C20H22N6O2. The van der Waals surface area contributed by atoms with Crippen LogP contribution in [0.3, 0.4) is 0 Å². The number of aromatic nitrogens is 4. The van der Waals surface area contributed by atoms with Gasteiger partial charge in [0.1, 0.15) is 12.1 Å². The fourth-order valence-corrected chi connectivity index (χ4v) is 3.25. The van der Waals surface area contributed by atoms with Crippen LogP contribution in [0.25, 0.3) is 5.69 Å². The Hall–Kier alpha value is -3.42. The summed E-state index contributed by atoms with van der Waals surface area (Å²) in [6, 6.07) is 13.4. The van der Waals surface area contributed by atoms with E-state index in [0.29, 0.717) is 5.75 Å². The number of carbonyl (C=O) groups is 1. The maximum Gasteiger partial charge on any atom is 0.262 e. The third kappa shape index (κ3) is 4.11. The molecule has 1 aromatic heterocycles. The molecule has 1 aliphatic rings. The first-order valence-corrected chi connectivity index (χ1v) is 9.31. The minimum absolute atomic E-state index is 0.0579. The lowest BCUT2D eigenvalue weighted by atomic mass is 10.2. The minimum Gasteiger partial charge on any atom is -0.484 e. The molecule has 1 N–H and O–H groups in total. The molecule has 0 saturated carbocycles. The van der Waals surface area contributed by atoms with Gasteiger partial charge in [0.2, 0.25) is 0 Å². The molecule has 3 aromatic rings. The molecule has 4 rings (SSSR count). The Balaban J connectivity index is 1.51. The molecule has 0 atom stereocenters. The van der Waals surface area contributed by atoms with Gasteiger partial charge in [0.15, 0.2) is 6.61 Å². The zero-order valence-electron chi connectivity index (χ0n) is 15.7. The molecule has 0 aliphatic carbocycles. The van der Waals surface area contributed by atoms with Gasteiger partial charge in [-0.25, -0.2) is 4.68 Å². The normalized spacial score (nSPS) is 13.5. The molecule has 1 fully saturated rings. The van der Waals surface area contributed by atoms with Crippen molar-refractivity contribution >= 4 is 17.3 Å². The summed E-state index contributed by atoms with van der Waals surface area (Å²) in [6.07, 6.45) is 3.83. The Morgan fingerprint density at radius 3 is 2.64 bits per heavy atom. The van der Waals surface area contributed by atoms with E-state index >= 15 is 0 Å². The van der Waals surface area contributed by atoms with Crippen molar-refractivity contribution in [1.29, 1.82) is 0 Å². The number of carbonyl (C=O) groups excluding carboxylic acids is 1. The zero-order chi connectivity index (χ0) is 19.3. The van der Waals surface area contributed by atoms with Crippen LogP contribution in [0.5, 0.6) is 5.75 Å². The van der Waals surface area contributed by atoms with Gasteiger partial charge in [0.25, 0.3) is 5.91 Å². The number of ether oxygens (including phenoxy) is 1. The molecule has 144 valence electrons. The molecule has 8 nitrogen and oxygen atoms in total. The van der Waals surface area contributed by atoms with Gasteiger partial charge < -0.3 is 15.0 Å². The second kappa shape index (κ2) is 8.08. The summed E-state index contributed by atoms with van der Waals surface area (Å²) in [6.45, 7) is 3.91. The van der Waals surface area contributed by atoms with E-state index in [9.17, 15) is 4.79 Å². The first-order valence-electron chi connectivity index (χ1n) is 9.31. The van der Waals surface area contributed by atoms with E-state index in [2.05, 4.69) is 25.7 Å². The van der Waals surface area contributed by atoms with Crippen LogP contribution in [-0.4, -0.2) is 45.8 Å². The summed E-state index contributed by atoms with van der Waals surface area (Å²) in [5.74, 6) is 0.456. The van der Waals surface area contributed by atoms with Gasteiger partial charge in [-0.3, -0.25) is 4.79 Å². The fourth-order valence-electron chi connectivity index (χ4n) is 3.25. The second-order valence-electron chi connectivity index (χ2n) is 6.80. The van der Waals surface area contributed by atoms with Crippen LogP contribution in [0.4, 0.5) is 11.4 Å². The van der Waals surface area contributed by atoms with Crippen molar-refractivity contribution in [2.24, 2.45) is 0 Å². The number of rotatable bonds is 6. The van der Waals surface area contributed by atoms with Gasteiger partial charge in [0, 0.05) is 13.1 Å². The third-order valence-corrected chi connectivity index (χ3v) is 4.71. The molecular weight excluding hydrogens is 356 g/mol. The standard InChI is InChI=1S/C20H22N6O2/c1-15-4-7-17(8-5-15)28-13-20(27)22-18-12-16(26-14-21-23-24-26)6-9-19(18)25-10-2-3-11-25/h4-9,12,14H,2-3,10-11,13H2,1H3,(H,22,27). The monoisotopic (exact) mass is 378 g/mol. The topological polar surface area (TPSA) is 85.2 Å². The van der Waals surface area contributed by atoms with Crippen LogP contribution in [0.2, 0.25) is 0 Å². The van der Waals surface area contributed by atoms with E-state index < -0.39 is 0 Å². The highest BCUT2D eigenvalue weighted by molar-refractivity contribution is 5.95. The summed E-state index contributed by atoms with van der Waals surface area (Å²) in [7, 11) is 0. The van der Waals surface area contributed by atoms with Crippen molar-refractivity contribution in [2.75, 3.05) is 29.9 Å². The molecule has 2 aromatic carbocycles. The van der Waals surface area contributed by atoms with Crippen molar-refractivity contribution < 1.29 is 9.53 Å². The molecule has 8 heteroatoms. The first kappa shape index (κ1) is 18.0. The summed E-state index contributed by atoms with van der Waals surface area (Å²) in [5.41, 5.74) is 3.65. The maximum absolute atomic E-state index is 12.5. The summed E-state index contributed by atoms with van der Waals surface area (Å²) in [5, 5.41) is 14.3. The molecule has 2 heterocycles. The number of hydrogen-bond donors (Lipinski definition) is 1. The number of nitrogens with zero attached hydrogens (tertiary/aromatic N) is 5. The van der Waals surface area contributed by atoms with Gasteiger partial charge in [-0.05, 0) is 60.5 Å². The van der Waals surface area contributed by atoms with Crippen LogP contribution in [0, 0.1) is 6.92 Å². The van der Waals surface area contributed by atoms with Crippen molar-refractivity contribution in [3.63, 3.8) is 0 Å². The minimum atomic E-state index is -0.213. The van der Waals surface area contributed by atoms with Gasteiger partial charge in [-0.15, -0.1) is 5.10 Å². The van der Waals surface area contributed by atoms with Crippen molar-refractivity contribution in [1.82, 2.24) is 20.2 Å². The van der Waals surface area contributed by atoms with Crippen molar-refractivity contribution in [2.45, 2.75) is 19.8 Å². The number of amides is 1. The fraction of sp³-hybridized carbons (Fsp3) is 0.300. The summed E-state index contributed by atoms with van der Waals surface area (Å²) in [4.78, 5) is 14.8. The average molecular weight is 378 g/mol. The Morgan fingerprint density at radius 2 is 1.93 bits per heavy atom. The van der Waals surface area contributed by atoms with Crippen LogP contribution in [0.15, 0.2) is 48.8 Å². The number of hydrogen-bond acceptors (Lipinski definition) is 6. The Morgan fingerprint density at radius 1 is 1.14 bits per heavy atom. The highest BCUT2D eigenvalue weighted by Gasteiger charge is 2.18. The van der Waals surface area contributed by atoms with E-state index in [4.69, 9.17) is 4.74 Å². The second-order valence-corrected chi connectivity index (χ2v) is 6.80. The van der Waals surface area contributed by atoms with Crippen LogP contribution in [0.1, 0.15) is 18.4 Å². The Labute approximate surface area is 163 Å². The van der Waals surface area contributed by atoms with Crippen molar-refractivity contribution in [3.8, 4) is 11.4 Å². The lowest BCUT2D eigenvalue weighted by molar-refractivity contribution is -0.118. The van der Waals surface area contributed by atoms with E-state index in [0.717, 1.165) is 48.6 Å². The number of aryl methyl sites for hydroxylation is 1. The molecule has 0 unspecified atom stereocenters. The van der Waals surface area contributed by atoms with E-state index in [1.807, 2.05) is 49.4 Å². The van der Waals surface area contributed by atoms with Crippen molar-refractivity contribution in [3.05, 3.63) is 54.4 Å². The molecule has 28 heavy (non-hydrogen) atoms. The lowest BCUT2D eigenvalue weighted by Gasteiger charge is -2.22. The summed E-state index contributed by atoms with van der Waals surface area (Å²) < 4.78 is 7.16. The van der Waals surface area contributed by atoms with Gasteiger partial charge in [0.05, 0.1) is 17.1 Å². The third-order valence-electron chi connectivity index (χ3n) is 4.71. The van der Waals surface area contributed by atoms with Gasteiger partial charge >= 0.3 is 0 Å². The van der Waals surface area contributed by atoms with E-state index in [1.54, 1.807) is 4.68 Å². The number of benzene rings is 2. The van der Waals surface area contributed by atoms with E-state index in [1.165, 1.54) is 6.33 Å². The number of nitrogens with one attached hydrogen (secondary N) is 1. The zero-order valence-corrected chi connectivity index (χ0v) is 15.7. The lowest BCUT2D eigenvalue weighted by Crippen LogP contribution is -2.24. The molecule has 1 amide bonds. The highest BCUT2D eigenvalue weighted by atomic mass is 16.5. The predicted octanol–water partition coefficient (Wildman–Crippen LogP) is 2.59. The Bertz CT molecular complexity index is 934. The smallest absolute Gasteiger partial charge is 0.262 e. The van der Waals surface area contributed by atoms with Crippen LogP contribution >= 0.6 is 0 Å². The molecule has 0 spiro atoms. The van der Waals surface area contributed by atoms with E-state index in [-0.39, 0.29) is 12.5 Å². The molecule has 0 radical (unpaired) electrons. The predicted molar refractivity (Wildman–Crippen MR) is 106 cm³/mol. The van der Waals surface area contributed by atoms with Crippen LogP contribution < -0.4 is 15.0 Å². The summed E-state index contributed by atoms with van der Waals surface area (Å²) >= 11 is 0.